The summed E-state index contributed by atoms with van der Waals surface area (Å²) in [6.45, 7) is 0.742. The number of alkyl halides is 1. The Kier molecular flexibility index (Phi) is 6.58. The molecule has 0 fully saturated rings. The van der Waals surface area contributed by atoms with Gasteiger partial charge in [-0.25, -0.2) is 4.98 Å². The minimum Gasteiger partial charge on any atom is -0.477 e. The first-order valence-electron chi connectivity index (χ1n) is 7.06. The van der Waals surface area contributed by atoms with E-state index in [0.717, 1.165) is 36.2 Å². The molecule has 0 N–H and O–H groups in total. The summed E-state index contributed by atoms with van der Waals surface area (Å²) in [6.07, 6.45) is 6.39. The van der Waals surface area contributed by atoms with Gasteiger partial charge in [0.2, 0.25) is 5.88 Å². The number of halogens is 1. The Morgan fingerprint density at radius 3 is 2.60 bits per heavy atom. The lowest BCUT2D eigenvalue weighted by Gasteiger charge is -2.08. The van der Waals surface area contributed by atoms with Crippen molar-refractivity contribution in [1.82, 2.24) is 4.98 Å². The molecular weight excluding hydrogens is 314 g/mol. The number of aryl methyl sites for hydroxylation is 1. The Bertz CT molecular complexity index is 501. The van der Waals surface area contributed by atoms with Crippen LogP contribution in [0.4, 0.5) is 0 Å². The summed E-state index contributed by atoms with van der Waals surface area (Å²) in [4.78, 5) is 4.26. The summed E-state index contributed by atoms with van der Waals surface area (Å²) in [7, 11) is 0. The highest BCUT2D eigenvalue weighted by Crippen LogP contribution is 2.17. The summed E-state index contributed by atoms with van der Waals surface area (Å²) >= 11 is 3.45. The molecule has 2 nitrogen and oxygen atoms in total. The van der Waals surface area contributed by atoms with Crippen LogP contribution < -0.4 is 4.74 Å². The van der Waals surface area contributed by atoms with Crippen LogP contribution in [0.5, 0.6) is 5.88 Å². The first-order chi connectivity index (χ1) is 9.90. The molecule has 0 saturated heterocycles. The zero-order valence-corrected chi connectivity index (χ0v) is 13.2. The minimum absolute atomic E-state index is 0.742. The zero-order chi connectivity index (χ0) is 14.0. The van der Waals surface area contributed by atoms with Crippen molar-refractivity contribution >= 4 is 15.9 Å². The maximum Gasteiger partial charge on any atom is 0.217 e. The van der Waals surface area contributed by atoms with E-state index in [1.807, 2.05) is 12.1 Å². The highest BCUT2D eigenvalue weighted by molar-refractivity contribution is 9.08. The van der Waals surface area contributed by atoms with Crippen LogP contribution >= 0.6 is 15.9 Å². The number of ether oxygens (including phenoxy) is 1. The maximum atomic E-state index is 5.74. The number of unbranched alkanes of at least 4 members (excludes halogenated alkanes) is 2. The lowest BCUT2D eigenvalue weighted by atomic mass is 10.1. The molecule has 0 spiro atoms. The van der Waals surface area contributed by atoms with Crippen LogP contribution in [0.25, 0.3) is 0 Å². The number of rotatable bonds is 8. The Balaban J connectivity index is 1.62. The third kappa shape index (κ3) is 4.97. The smallest absolute Gasteiger partial charge is 0.217 e. The van der Waals surface area contributed by atoms with Crippen molar-refractivity contribution in [2.45, 2.75) is 31.0 Å². The average Bonchev–Trinajstić information content (AvgIpc) is 2.52. The molecule has 0 atom stereocenters. The van der Waals surface area contributed by atoms with Crippen molar-refractivity contribution in [1.29, 1.82) is 0 Å². The molecule has 0 aliphatic rings. The second-order valence-corrected chi connectivity index (χ2v) is 5.31. The van der Waals surface area contributed by atoms with E-state index in [2.05, 4.69) is 51.2 Å². The Hall–Kier alpha value is -1.35. The molecule has 1 aromatic heterocycles. The first-order valence-corrected chi connectivity index (χ1v) is 8.19. The van der Waals surface area contributed by atoms with E-state index in [-0.39, 0.29) is 0 Å². The molecule has 106 valence electrons. The Labute approximate surface area is 129 Å². The number of hydrogen-bond acceptors (Lipinski definition) is 2. The number of nitrogens with zero attached hydrogens (tertiary/aromatic N) is 1. The van der Waals surface area contributed by atoms with E-state index in [4.69, 9.17) is 4.74 Å². The van der Waals surface area contributed by atoms with Crippen LogP contribution in [0.15, 0.2) is 48.7 Å². The van der Waals surface area contributed by atoms with Gasteiger partial charge in [0.25, 0.3) is 0 Å². The molecule has 0 unspecified atom stereocenters. The number of aromatic nitrogens is 1. The van der Waals surface area contributed by atoms with Gasteiger partial charge in [-0.1, -0.05) is 52.3 Å². The van der Waals surface area contributed by atoms with Crippen molar-refractivity contribution in [2.75, 3.05) is 6.61 Å². The molecule has 20 heavy (non-hydrogen) atoms. The van der Waals surface area contributed by atoms with Crippen LogP contribution in [0.3, 0.4) is 0 Å². The molecule has 1 aromatic carbocycles. The van der Waals surface area contributed by atoms with Crippen molar-refractivity contribution in [3.63, 3.8) is 0 Å². The van der Waals surface area contributed by atoms with Gasteiger partial charge in [0.1, 0.15) is 0 Å². The molecule has 0 aliphatic carbocycles. The van der Waals surface area contributed by atoms with Crippen LogP contribution in [-0.2, 0) is 11.8 Å². The molecule has 0 aliphatic heterocycles. The van der Waals surface area contributed by atoms with Gasteiger partial charge in [0, 0.05) is 17.1 Å². The largest absolute Gasteiger partial charge is 0.477 e. The summed E-state index contributed by atoms with van der Waals surface area (Å²) in [5, 5.41) is 0.782. The van der Waals surface area contributed by atoms with Crippen LogP contribution in [0, 0.1) is 0 Å². The zero-order valence-electron chi connectivity index (χ0n) is 11.6. The molecule has 0 saturated carbocycles. The minimum atomic E-state index is 0.742. The van der Waals surface area contributed by atoms with E-state index in [9.17, 15) is 0 Å². The fourth-order valence-electron chi connectivity index (χ4n) is 2.08. The predicted molar refractivity (Wildman–Crippen MR) is 86.4 cm³/mol. The number of hydrogen-bond donors (Lipinski definition) is 0. The quantitative estimate of drug-likeness (QED) is 0.512. The van der Waals surface area contributed by atoms with Gasteiger partial charge in [-0.3, -0.25) is 0 Å². The normalized spacial score (nSPS) is 10.4. The molecule has 0 bridgehead atoms. The van der Waals surface area contributed by atoms with Crippen LogP contribution in [-0.4, -0.2) is 11.6 Å². The van der Waals surface area contributed by atoms with Crippen LogP contribution in [0.2, 0.25) is 0 Å². The van der Waals surface area contributed by atoms with Gasteiger partial charge in [0.15, 0.2) is 0 Å². The summed E-state index contributed by atoms with van der Waals surface area (Å²) in [5.41, 5.74) is 2.52. The highest BCUT2D eigenvalue weighted by Gasteiger charge is 2.02. The average molecular weight is 334 g/mol. The van der Waals surface area contributed by atoms with E-state index >= 15 is 0 Å². The molecule has 0 amide bonds. The van der Waals surface area contributed by atoms with Gasteiger partial charge < -0.3 is 4.74 Å². The molecule has 3 heteroatoms. The SMILES string of the molecule is BrCc1cccnc1OCCCCCc1ccccc1. The maximum absolute atomic E-state index is 5.74. The Morgan fingerprint density at radius 1 is 0.950 bits per heavy atom. The topological polar surface area (TPSA) is 22.1 Å². The fourth-order valence-corrected chi connectivity index (χ4v) is 2.50. The molecule has 0 radical (unpaired) electrons. The van der Waals surface area contributed by atoms with Gasteiger partial charge >= 0.3 is 0 Å². The van der Waals surface area contributed by atoms with Gasteiger partial charge in [-0.15, -0.1) is 0 Å². The lowest BCUT2D eigenvalue weighted by molar-refractivity contribution is 0.292. The summed E-state index contributed by atoms with van der Waals surface area (Å²) in [5.74, 6) is 0.757. The van der Waals surface area contributed by atoms with Crippen molar-refractivity contribution < 1.29 is 4.74 Å². The van der Waals surface area contributed by atoms with Crippen molar-refractivity contribution in [3.8, 4) is 5.88 Å². The Morgan fingerprint density at radius 2 is 1.80 bits per heavy atom. The molecule has 2 rings (SSSR count). The van der Waals surface area contributed by atoms with Crippen molar-refractivity contribution in [3.05, 3.63) is 59.8 Å². The van der Waals surface area contributed by atoms with E-state index in [1.165, 1.54) is 18.4 Å². The van der Waals surface area contributed by atoms with E-state index in [0.29, 0.717) is 0 Å². The number of pyridine rings is 1. The third-order valence-electron chi connectivity index (χ3n) is 3.19. The highest BCUT2D eigenvalue weighted by atomic mass is 79.9. The summed E-state index contributed by atoms with van der Waals surface area (Å²) < 4.78 is 5.74. The molecule has 1 heterocycles. The van der Waals surface area contributed by atoms with Gasteiger partial charge in [-0.05, 0) is 37.3 Å². The molecular formula is C17H20BrNO. The monoisotopic (exact) mass is 333 g/mol. The second-order valence-electron chi connectivity index (χ2n) is 4.75. The molecule has 2 aromatic rings. The van der Waals surface area contributed by atoms with E-state index < -0.39 is 0 Å². The second kappa shape index (κ2) is 8.75. The predicted octanol–water partition coefficient (Wildman–Crippen LogP) is 4.77. The van der Waals surface area contributed by atoms with Gasteiger partial charge in [0.05, 0.1) is 6.61 Å². The fraction of sp³-hybridized carbons (Fsp3) is 0.353. The lowest BCUT2D eigenvalue weighted by Crippen LogP contribution is -2.01. The third-order valence-corrected chi connectivity index (χ3v) is 3.79. The number of benzene rings is 1. The van der Waals surface area contributed by atoms with Gasteiger partial charge in [-0.2, -0.15) is 0 Å². The van der Waals surface area contributed by atoms with E-state index in [1.54, 1.807) is 6.20 Å². The standard InChI is InChI=1S/C17H20BrNO/c18-14-16-11-7-12-19-17(16)20-13-6-2-5-10-15-8-3-1-4-9-15/h1,3-4,7-9,11-12H,2,5-6,10,13-14H2. The summed E-state index contributed by atoms with van der Waals surface area (Å²) in [6, 6.07) is 14.6. The van der Waals surface area contributed by atoms with Crippen molar-refractivity contribution in [2.24, 2.45) is 0 Å². The van der Waals surface area contributed by atoms with Crippen LogP contribution in [0.1, 0.15) is 30.4 Å². The first kappa shape index (κ1) is 15.0.